The van der Waals surface area contributed by atoms with Crippen molar-refractivity contribution in [2.24, 2.45) is 0 Å². The van der Waals surface area contributed by atoms with Crippen molar-refractivity contribution in [3.63, 3.8) is 0 Å². The zero-order valence-corrected chi connectivity index (χ0v) is 13.4. The molecule has 0 atom stereocenters. The Labute approximate surface area is 132 Å². The molecule has 0 N–H and O–H groups in total. The number of hydrogen-bond acceptors (Lipinski definition) is 5. The number of aromatic nitrogens is 1. The largest absolute Gasteiger partial charge is 0.298 e. The van der Waals surface area contributed by atoms with E-state index in [0.717, 1.165) is 4.88 Å². The monoisotopic (exact) mass is 316 g/mol. The zero-order chi connectivity index (χ0) is 16.3. The minimum absolute atomic E-state index is 0.0471. The predicted octanol–water partition coefficient (Wildman–Crippen LogP) is 3.13. The second-order valence-electron chi connectivity index (χ2n) is 4.75. The molecule has 1 aromatic carbocycles. The van der Waals surface area contributed by atoms with Gasteiger partial charge in [-0.1, -0.05) is 25.1 Å². The molecule has 2 rings (SSSR count). The third kappa shape index (κ3) is 2.96. The summed E-state index contributed by atoms with van der Waals surface area (Å²) < 4.78 is 0. The van der Waals surface area contributed by atoms with Gasteiger partial charge in [0.25, 0.3) is 5.91 Å². The van der Waals surface area contributed by atoms with Crippen LogP contribution in [0.15, 0.2) is 24.3 Å². The highest BCUT2D eigenvalue weighted by atomic mass is 32.1. The highest BCUT2D eigenvalue weighted by Gasteiger charge is 2.22. The lowest BCUT2D eigenvalue weighted by Gasteiger charge is -2.14. The Hall–Kier alpha value is -2.34. The number of carbonyl (C=O) groups is 3. The van der Waals surface area contributed by atoms with Crippen LogP contribution in [0.2, 0.25) is 0 Å². The van der Waals surface area contributed by atoms with Crippen LogP contribution in [0.5, 0.6) is 0 Å². The molecule has 0 aliphatic rings. The Bertz CT molecular complexity index is 737. The number of benzene rings is 1. The normalized spacial score (nSPS) is 10.3. The average Bonchev–Trinajstić information content (AvgIpc) is 2.94. The first-order chi connectivity index (χ1) is 10.5. The number of rotatable bonds is 5. The molecule has 0 aliphatic heterocycles. The number of aldehydes is 1. The number of ketones is 1. The predicted molar refractivity (Wildman–Crippen MR) is 86.0 cm³/mol. The number of anilines is 1. The van der Waals surface area contributed by atoms with E-state index in [1.165, 1.54) is 16.2 Å². The molecule has 22 heavy (non-hydrogen) atoms. The summed E-state index contributed by atoms with van der Waals surface area (Å²) in [5.74, 6) is -0.374. The van der Waals surface area contributed by atoms with Gasteiger partial charge in [0.15, 0.2) is 17.2 Å². The molecule has 1 amide bonds. The van der Waals surface area contributed by atoms with Crippen LogP contribution in [-0.2, 0) is 0 Å². The van der Waals surface area contributed by atoms with Gasteiger partial charge in [-0.15, -0.1) is 11.3 Å². The quantitative estimate of drug-likeness (QED) is 0.628. The number of nitrogens with zero attached hydrogens (tertiary/aromatic N) is 2. The van der Waals surface area contributed by atoms with E-state index in [-0.39, 0.29) is 11.7 Å². The number of hydrogen-bond donors (Lipinski definition) is 0. The summed E-state index contributed by atoms with van der Waals surface area (Å²) in [6, 6.07) is 6.59. The summed E-state index contributed by atoms with van der Waals surface area (Å²) in [5.41, 5.74) is 1.06. The lowest BCUT2D eigenvalue weighted by atomic mass is 10.1. The van der Waals surface area contributed by atoms with Gasteiger partial charge in [0.1, 0.15) is 5.69 Å². The molecular weight excluding hydrogens is 300 g/mol. The molecule has 6 heteroatoms. The van der Waals surface area contributed by atoms with Crippen molar-refractivity contribution in [1.29, 1.82) is 0 Å². The highest BCUT2D eigenvalue weighted by molar-refractivity contribution is 7.16. The van der Waals surface area contributed by atoms with Crippen molar-refractivity contribution < 1.29 is 14.4 Å². The van der Waals surface area contributed by atoms with Crippen LogP contribution in [0.3, 0.4) is 0 Å². The second kappa shape index (κ2) is 6.62. The smallest absolute Gasteiger partial charge is 0.260 e. The first kappa shape index (κ1) is 16.0. The third-order valence-electron chi connectivity index (χ3n) is 3.28. The number of aryl methyl sites for hydroxylation is 1. The molecule has 0 unspecified atom stereocenters. The van der Waals surface area contributed by atoms with Crippen LogP contribution in [0.25, 0.3) is 0 Å². The minimum Gasteiger partial charge on any atom is -0.298 e. The van der Waals surface area contributed by atoms with Gasteiger partial charge in [-0.25, -0.2) is 4.98 Å². The van der Waals surface area contributed by atoms with E-state index in [4.69, 9.17) is 0 Å². The summed E-state index contributed by atoms with van der Waals surface area (Å²) in [6.07, 6.45) is 1.02. The fraction of sp³-hybridized carbons (Fsp3) is 0.250. The molecule has 0 saturated heterocycles. The molecule has 0 bridgehead atoms. The van der Waals surface area contributed by atoms with Crippen LogP contribution in [0, 0.1) is 6.92 Å². The van der Waals surface area contributed by atoms with Crippen LogP contribution in [0.1, 0.15) is 49.4 Å². The Morgan fingerprint density at radius 2 is 2.00 bits per heavy atom. The number of thiazole rings is 1. The number of amides is 1. The SMILES string of the molecule is CCC(=O)c1nc(N(C)C(=O)c2ccccc2C=O)sc1C. The minimum atomic E-state index is -0.327. The van der Waals surface area contributed by atoms with Crippen LogP contribution in [-0.4, -0.2) is 30.0 Å². The lowest BCUT2D eigenvalue weighted by molar-refractivity contribution is 0.0974. The molecule has 0 spiro atoms. The van der Waals surface area contributed by atoms with Gasteiger partial charge in [-0.3, -0.25) is 19.3 Å². The number of carbonyl (C=O) groups excluding carboxylic acids is 3. The van der Waals surface area contributed by atoms with Gasteiger partial charge in [-0.2, -0.15) is 0 Å². The first-order valence-corrected chi connectivity index (χ1v) is 7.64. The van der Waals surface area contributed by atoms with Crippen molar-refractivity contribution in [3.05, 3.63) is 46.0 Å². The molecule has 0 radical (unpaired) electrons. The van der Waals surface area contributed by atoms with Crippen molar-refractivity contribution in [3.8, 4) is 0 Å². The molecule has 5 nitrogen and oxygen atoms in total. The lowest BCUT2D eigenvalue weighted by Crippen LogP contribution is -2.27. The zero-order valence-electron chi connectivity index (χ0n) is 12.6. The van der Waals surface area contributed by atoms with E-state index in [1.807, 2.05) is 6.92 Å². The first-order valence-electron chi connectivity index (χ1n) is 6.82. The maximum Gasteiger partial charge on any atom is 0.260 e. The van der Waals surface area contributed by atoms with Crippen molar-refractivity contribution in [1.82, 2.24) is 4.98 Å². The van der Waals surface area contributed by atoms with Gasteiger partial charge in [0, 0.05) is 23.9 Å². The molecule has 0 saturated carbocycles. The van der Waals surface area contributed by atoms with Gasteiger partial charge in [-0.05, 0) is 13.0 Å². The second-order valence-corrected chi connectivity index (χ2v) is 5.93. The van der Waals surface area contributed by atoms with E-state index in [9.17, 15) is 14.4 Å². The fourth-order valence-electron chi connectivity index (χ4n) is 2.01. The summed E-state index contributed by atoms with van der Waals surface area (Å²) in [5, 5.41) is 0.444. The number of Topliss-reactive ketones (excluding diaryl/α,β-unsaturated/α-hetero) is 1. The summed E-state index contributed by atoms with van der Waals surface area (Å²) in [4.78, 5) is 41.8. The van der Waals surface area contributed by atoms with Crippen molar-refractivity contribution in [2.75, 3.05) is 11.9 Å². The molecule has 2 aromatic rings. The highest BCUT2D eigenvalue weighted by Crippen LogP contribution is 2.27. The van der Waals surface area contributed by atoms with E-state index in [2.05, 4.69) is 4.98 Å². The molecule has 1 heterocycles. The summed E-state index contributed by atoms with van der Waals surface area (Å²) in [6.45, 7) is 3.58. The van der Waals surface area contributed by atoms with E-state index < -0.39 is 0 Å². The van der Waals surface area contributed by atoms with Crippen LogP contribution < -0.4 is 4.90 Å². The van der Waals surface area contributed by atoms with E-state index >= 15 is 0 Å². The Morgan fingerprint density at radius 1 is 1.32 bits per heavy atom. The maximum atomic E-state index is 12.5. The van der Waals surface area contributed by atoms with E-state index in [0.29, 0.717) is 34.7 Å². The van der Waals surface area contributed by atoms with Gasteiger partial charge in [0.2, 0.25) is 0 Å². The molecule has 1 aromatic heterocycles. The Kier molecular flexibility index (Phi) is 4.82. The summed E-state index contributed by atoms with van der Waals surface area (Å²) >= 11 is 1.29. The summed E-state index contributed by atoms with van der Waals surface area (Å²) in [7, 11) is 1.59. The van der Waals surface area contributed by atoms with Crippen LogP contribution >= 0.6 is 11.3 Å². The maximum absolute atomic E-state index is 12.5. The molecule has 0 fully saturated rings. The standard InChI is InChI=1S/C16H16N2O3S/c1-4-13(20)14-10(2)22-16(17-14)18(3)15(21)12-8-6-5-7-11(12)9-19/h5-9H,4H2,1-3H3. The fourth-order valence-corrected chi connectivity index (χ4v) is 2.90. The Balaban J connectivity index is 2.35. The molecule has 114 valence electrons. The van der Waals surface area contributed by atoms with Crippen LogP contribution in [0.4, 0.5) is 5.13 Å². The average molecular weight is 316 g/mol. The van der Waals surface area contributed by atoms with Crippen molar-refractivity contribution in [2.45, 2.75) is 20.3 Å². The van der Waals surface area contributed by atoms with Gasteiger partial charge >= 0.3 is 0 Å². The molecule has 0 aliphatic carbocycles. The third-order valence-corrected chi connectivity index (χ3v) is 4.33. The van der Waals surface area contributed by atoms with Crippen molar-refractivity contribution >= 4 is 34.4 Å². The molecular formula is C16H16N2O3S. The van der Waals surface area contributed by atoms with E-state index in [1.54, 1.807) is 38.2 Å². The van der Waals surface area contributed by atoms with Gasteiger partial charge < -0.3 is 0 Å². The Morgan fingerprint density at radius 3 is 2.64 bits per heavy atom. The van der Waals surface area contributed by atoms with Gasteiger partial charge in [0.05, 0.1) is 5.56 Å². The topological polar surface area (TPSA) is 67.3 Å².